The van der Waals surface area contributed by atoms with Crippen LogP contribution < -0.4 is 5.32 Å². The molecule has 0 radical (unpaired) electrons. The largest absolute Gasteiger partial charge is 0.352 e. The lowest BCUT2D eigenvalue weighted by Crippen LogP contribution is -2.43. The average Bonchev–Trinajstić information content (AvgIpc) is 3.06. The second-order valence-electron chi connectivity index (χ2n) is 6.24. The van der Waals surface area contributed by atoms with Crippen molar-refractivity contribution in [3.05, 3.63) is 35.8 Å². The lowest BCUT2D eigenvalue weighted by atomic mass is 10.2. The van der Waals surface area contributed by atoms with Gasteiger partial charge in [0.15, 0.2) is 0 Å². The molecule has 122 valence electrons. The lowest BCUT2D eigenvalue weighted by Gasteiger charge is -2.21. The Labute approximate surface area is 135 Å². The number of nitrogens with zero attached hydrogens (tertiary/aromatic N) is 3. The van der Waals surface area contributed by atoms with Gasteiger partial charge in [0.2, 0.25) is 11.8 Å². The van der Waals surface area contributed by atoms with Crippen LogP contribution in [0.15, 0.2) is 24.5 Å². The van der Waals surface area contributed by atoms with E-state index in [1.807, 2.05) is 47.7 Å². The number of fused-ring (bicyclic) bond motifs is 1. The summed E-state index contributed by atoms with van der Waals surface area (Å²) >= 11 is 0. The first-order valence-corrected chi connectivity index (χ1v) is 8.03. The van der Waals surface area contributed by atoms with Gasteiger partial charge < -0.3 is 14.6 Å². The van der Waals surface area contributed by atoms with Gasteiger partial charge in [-0.1, -0.05) is 6.07 Å². The van der Waals surface area contributed by atoms with Crippen molar-refractivity contribution in [1.82, 2.24) is 19.6 Å². The maximum absolute atomic E-state index is 12.2. The van der Waals surface area contributed by atoms with Crippen molar-refractivity contribution in [2.45, 2.75) is 39.2 Å². The zero-order valence-corrected chi connectivity index (χ0v) is 13.6. The van der Waals surface area contributed by atoms with Gasteiger partial charge in [-0.2, -0.15) is 0 Å². The number of amides is 2. The van der Waals surface area contributed by atoms with E-state index in [0.717, 1.165) is 29.9 Å². The van der Waals surface area contributed by atoms with E-state index in [0.29, 0.717) is 13.0 Å². The quantitative estimate of drug-likeness (QED) is 0.905. The molecule has 6 heteroatoms. The number of imidazole rings is 1. The van der Waals surface area contributed by atoms with Crippen molar-refractivity contribution in [2.75, 3.05) is 13.1 Å². The SMILES string of the molecule is Cc1cccn2cc(CC(=O)N[C@@H](C)CN3CCCC3=O)nc12. The number of aryl methyl sites for hydroxylation is 1. The molecule has 1 atom stereocenters. The Balaban J connectivity index is 1.57. The molecule has 1 fully saturated rings. The molecule has 0 unspecified atom stereocenters. The van der Waals surface area contributed by atoms with E-state index in [4.69, 9.17) is 0 Å². The summed E-state index contributed by atoms with van der Waals surface area (Å²) in [7, 11) is 0. The minimum absolute atomic E-state index is 0.0525. The third-order valence-corrected chi connectivity index (χ3v) is 4.14. The molecular formula is C17H22N4O2. The van der Waals surface area contributed by atoms with Gasteiger partial charge >= 0.3 is 0 Å². The fourth-order valence-electron chi connectivity index (χ4n) is 3.05. The van der Waals surface area contributed by atoms with Crippen LogP contribution in [0.2, 0.25) is 0 Å². The topological polar surface area (TPSA) is 66.7 Å². The molecule has 0 spiro atoms. The van der Waals surface area contributed by atoms with Crippen LogP contribution in [0, 0.1) is 6.92 Å². The van der Waals surface area contributed by atoms with Crippen LogP contribution in [0.5, 0.6) is 0 Å². The van der Waals surface area contributed by atoms with Crippen molar-refractivity contribution in [3.63, 3.8) is 0 Å². The van der Waals surface area contributed by atoms with Gasteiger partial charge in [-0.05, 0) is 31.9 Å². The van der Waals surface area contributed by atoms with Crippen LogP contribution in [0.25, 0.3) is 5.65 Å². The van der Waals surface area contributed by atoms with Crippen molar-refractivity contribution >= 4 is 17.5 Å². The van der Waals surface area contributed by atoms with E-state index in [9.17, 15) is 9.59 Å². The van der Waals surface area contributed by atoms with Crippen molar-refractivity contribution in [2.24, 2.45) is 0 Å². The Morgan fingerprint density at radius 1 is 1.48 bits per heavy atom. The monoisotopic (exact) mass is 314 g/mol. The first-order valence-electron chi connectivity index (χ1n) is 8.03. The van der Waals surface area contributed by atoms with E-state index in [2.05, 4.69) is 10.3 Å². The predicted molar refractivity (Wildman–Crippen MR) is 87.1 cm³/mol. The molecule has 0 bridgehead atoms. The molecule has 2 amide bonds. The Morgan fingerprint density at radius 3 is 3.00 bits per heavy atom. The van der Waals surface area contributed by atoms with E-state index in [-0.39, 0.29) is 24.3 Å². The number of carbonyl (C=O) groups excluding carboxylic acids is 2. The maximum atomic E-state index is 12.2. The van der Waals surface area contributed by atoms with Gasteiger partial charge in [0.05, 0.1) is 12.1 Å². The number of rotatable bonds is 5. The van der Waals surface area contributed by atoms with E-state index < -0.39 is 0 Å². The second-order valence-corrected chi connectivity index (χ2v) is 6.24. The van der Waals surface area contributed by atoms with Crippen LogP contribution in [0.4, 0.5) is 0 Å². The first kappa shape index (κ1) is 15.5. The van der Waals surface area contributed by atoms with E-state index >= 15 is 0 Å². The van der Waals surface area contributed by atoms with Crippen LogP contribution in [0.3, 0.4) is 0 Å². The van der Waals surface area contributed by atoms with Crippen molar-refractivity contribution in [3.8, 4) is 0 Å². The molecule has 1 aliphatic rings. The number of likely N-dealkylation sites (tertiary alicyclic amines) is 1. The van der Waals surface area contributed by atoms with Crippen LogP contribution >= 0.6 is 0 Å². The van der Waals surface area contributed by atoms with Gasteiger partial charge in [0.25, 0.3) is 0 Å². The smallest absolute Gasteiger partial charge is 0.226 e. The van der Waals surface area contributed by atoms with Gasteiger partial charge in [0, 0.05) is 37.9 Å². The molecule has 2 aromatic heterocycles. The number of hydrogen-bond acceptors (Lipinski definition) is 3. The summed E-state index contributed by atoms with van der Waals surface area (Å²) in [5.41, 5.74) is 2.72. The highest BCUT2D eigenvalue weighted by molar-refractivity contribution is 5.79. The number of nitrogens with one attached hydrogen (secondary N) is 1. The first-order chi connectivity index (χ1) is 11.0. The Hall–Kier alpha value is -2.37. The Morgan fingerprint density at radius 2 is 2.30 bits per heavy atom. The summed E-state index contributed by atoms with van der Waals surface area (Å²) in [6.45, 7) is 5.30. The molecule has 2 aromatic rings. The minimum atomic E-state index is -0.0646. The zero-order chi connectivity index (χ0) is 16.4. The normalized spacial score (nSPS) is 16.1. The lowest BCUT2D eigenvalue weighted by molar-refractivity contribution is -0.129. The second kappa shape index (κ2) is 6.40. The van der Waals surface area contributed by atoms with Crippen LogP contribution in [0.1, 0.15) is 31.0 Å². The summed E-state index contributed by atoms with van der Waals surface area (Å²) in [5.74, 6) is 0.118. The highest BCUT2D eigenvalue weighted by atomic mass is 16.2. The van der Waals surface area contributed by atoms with E-state index in [1.54, 1.807) is 0 Å². The Kier molecular flexibility index (Phi) is 4.32. The molecule has 1 saturated heterocycles. The molecule has 23 heavy (non-hydrogen) atoms. The average molecular weight is 314 g/mol. The fraction of sp³-hybridized carbons (Fsp3) is 0.471. The van der Waals surface area contributed by atoms with Crippen LogP contribution in [-0.2, 0) is 16.0 Å². The Bertz CT molecular complexity index is 737. The highest BCUT2D eigenvalue weighted by Gasteiger charge is 2.22. The molecule has 0 saturated carbocycles. The fourth-order valence-corrected chi connectivity index (χ4v) is 3.05. The number of pyridine rings is 1. The highest BCUT2D eigenvalue weighted by Crippen LogP contribution is 2.11. The molecule has 6 nitrogen and oxygen atoms in total. The summed E-state index contributed by atoms with van der Waals surface area (Å²) in [4.78, 5) is 30.1. The third kappa shape index (κ3) is 3.52. The van der Waals surface area contributed by atoms with Gasteiger partial charge in [-0.25, -0.2) is 4.98 Å². The third-order valence-electron chi connectivity index (χ3n) is 4.14. The summed E-state index contributed by atoms with van der Waals surface area (Å²) < 4.78 is 1.93. The molecule has 0 aliphatic carbocycles. The predicted octanol–water partition coefficient (Wildman–Crippen LogP) is 1.31. The zero-order valence-electron chi connectivity index (χ0n) is 13.6. The standard InChI is InChI=1S/C17H22N4O2/c1-12-5-3-8-21-11-14(19-17(12)21)9-15(22)18-13(2)10-20-7-4-6-16(20)23/h3,5,8,11,13H,4,6-7,9-10H2,1-2H3,(H,18,22)/t13-/m0/s1. The molecular weight excluding hydrogens is 292 g/mol. The number of carbonyl (C=O) groups is 2. The molecule has 3 rings (SSSR count). The minimum Gasteiger partial charge on any atom is -0.352 e. The van der Waals surface area contributed by atoms with E-state index in [1.165, 1.54) is 0 Å². The van der Waals surface area contributed by atoms with Crippen LogP contribution in [-0.4, -0.2) is 45.2 Å². The summed E-state index contributed by atoms with van der Waals surface area (Å²) in [6.07, 6.45) is 5.61. The van der Waals surface area contributed by atoms with Gasteiger partial charge in [-0.3, -0.25) is 9.59 Å². The number of hydrogen-bond donors (Lipinski definition) is 1. The van der Waals surface area contributed by atoms with Crippen molar-refractivity contribution < 1.29 is 9.59 Å². The van der Waals surface area contributed by atoms with Gasteiger partial charge in [0.1, 0.15) is 5.65 Å². The number of aromatic nitrogens is 2. The molecule has 1 N–H and O–H groups in total. The van der Waals surface area contributed by atoms with Gasteiger partial charge in [-0.15, -0.1) is 0 Å². The van der Waals surface area contributed by atoms with Crippen molar-refractivity contribution in [1.29, 1.82) is 0 Å². The molecule has 0 aromatic carbocycles. The molecule has 1 aliphatic heterocycles. The maximum Gasteiger partial charge on any atom is 0.226 e. The summed E-state index contributed by atoms with van der Waals surface area (Å²) in [5, 5.41) is 2.95. The molecule has 3 heterocycles. The summed E-state index contributed by atoms with van der Waals surface area (Å²) in [6, 6.07) is 3.91.